The first-order valence-electron chi connectivity index (χ1n) is 3.20. The Hall–Kier alpha value is 0.266. The van der Waals surface area contributed by atoms with Gasteiger partial charge >= 0.3 is 73.7 Å². The van der Waals surface area contributed by atoms with Crippen molar-refractivity contribution < 1.29 is 21.7 Å². The number of hydrogen-bond donors (Lipinski definition) is 0. The molecule has 0 heterocycles. The zero-order valence-electron chi connectivity index (χ0n) is 6.73. The minimum Gasteiger partial charge on any atom is -1.00 e. The summed E-state index contributed by atoms with van der Waals surface area (Å²) in [5, 5.41) is 0. The van der Waals surface area contributed by atoms with E-state index < -0.39 is 0 Å². The molecule has 0 N–H and O–H groups in total. The van der Waals surface area contributed by atoms with E-state index in [1.807, 2.05) is 27.8 Å². The van der Waals surface area contributed by atoms with Crippen LogP contribution in [0.3, 0.4) is 0 Å². The van der Waals surface area contributed by atoms with Crippen LogP contribution < -0.4 is 25.4 Å². The minimum atomic E-state index is 0. The van der Waals surface area contributed by atoms with Crippen molar-refractivity contribution in [2.24, 2.45) is 0 Å². The van der Waals surface area contributed by atoms with Gasteiger partial charge < -0.3 is 17.0 Å². The second-order valence-electron chi connectivity index (χ2n) is 2.32. The first-order chi connectivity index (χ1) is 4.74. The average Bonchev–Trinajstić information content (AvgIpc) is 1.94. The summed E-state index contributed by atoms with van der Waals surface area (Å²) in [7, 11) is 1.70. The molecule has 0 radical (unpaired) electrons. The third-order valence-corrected chi connectivity index (χ3v) is 2.03. The van der Waals surface area contributed by atoms with E-state index in [-0.39, 0.29) is 17.0 Å². The average molecular weight is 225 g/mol. The summed E-state index contributed by atoms with van der Waals surface area (Å²) in [4.78, 5) is 0. The van der Waals surface area contributed by atoms with Gasteiger partial charge in [0.25, 0.3) is 0 Å². The third-order valence-electron chi connectivity index (χ3n) is 1.44. The normalized spacial score (nSPS) is 8.73. The maximum absolute atomic E-state index is 5.13. The van der Waals surface area contributed by atoms with Crippen LogP contribution in [0.1, 0.15) is 5.56 Å². The van der Waals surface area contributed by atoms with Gasteiger partial charge in [-0.3, -0.25) is 0 Å². The van der Waals surface area contributed by atoms with E-state index in [0.29, 0.717) is 0 Å². The van der Waals surface area contributed by atoms with Crippen LogP contribution >= 0.6 is 0 Å². The van der Waals surface area contributed by atoms with Crippen molar-refractivity contribution in [2.45, 2.75) is 6.92 Å². The number of rotatable bonds is 1. The molecule has 0 saturated heterocycles. The summed E-state index contributed by atoms with van der Waals surface area (Å²) in [6.45, 7) is 2.06. The van der Waals surface area contributed by atoms with Crippen LogP contribution in [0.4, 0.5) is 0 Å². The smallest absolute Gasteiger partial charge is 1.00 e. The number of hydrogen-bond acceptors (Lipinski definition) is 1. The van der Waals surface area contributed by atoms with Crippen LogP contribution in [0.25, 0.3) is 0 Å². The minimum absolute atomic E-state index is 0. The zero-order valence-corrected chi connectivity index (χ0v) is 9.73. The van der Waals surface area contributed by atoms with Gasteiger partial charge in [0.05, 0.1) is 0 Å². The molecule has 0 amide bonds. The Labute approximate surface area is 90.3 Å². The fourth-order valence-electron chi connectivity index (χ4n) is 0.852. The van der Waals surface area contributed by atoms with E-state index in [2.05, 4.69) is 19.1 Å². The number of methoxy groups -OCH3 is 1. The van der Waals surface area contributed by atoms with Crippen molar-refractivity contribution in [3.63, 3.8) is 0 Å². The van der Waals surface area contributed by atoms with Crippen LogP contribution in [0, 0.1) is 6.92 Å². The van der Waals surface area contributed by atoms with E-state index in [9.17, 15) is 0 Å². The molecule has 56 valence electrons. The molecule has 0 atom stereocenters. The van der Waals surface area contributed by atoms with Crippen molar-refractivity contribution in [3.8, 4) is 5.75 Å². The molecular formula is C8H9BrMgO. The summed E-state index contributed by atoms with van der Waals surface area (Å²) in [5.41, 5.74) is 1.24. The fraction of sp³-hybridized carbons (Fsp3) is 0.250. The van der Waals surface area contributed by atoms with E-state index in [0.717, 1.165) is 5.75 Å². The molecule has 1 rings (SSSR count). The van der Waals surface area contributed by atoms with E-state index in [4.69, 9.17) is 4.74 Å². The Kier molecular flexibility index (Phi) is 5.13. The van der Waals surface area contributed by atoms with Gasteiger partial charge in [-0.1, -0.05) is 0 Å². The molecule has 0 saturated carbocycles. The molecule has 0 fully saturated rings. The van der Waals surface area contributed by atoms with Crippen molar-refractivity contribution in [2.75, 3.05) is 7.11 Å². The Morgan fingerprint density at radius 1 is 1.36 bits per heavy atom. The number of ether oxygens (including phenoxy) is 1. The molecule has 0 unspecified atom stereocenters. The summed E-state index contributed by atoms with van der Waals surface area (Å²) in [5.74, 6) is 0.985. The van der Waals surface area contributed by atoms with Gasteiger partial charge in [0.2, 0.25) is 0 Å². The molecule has 0 aliphatic rings. The number of halogens is 1. The largest absolute Gasteiger partial charge is 1.00 e. The molecular weight excluding hydrogens is 216 g/mol. The fourth-order valence-corrected chi connectivity index (χ4v) is 1.22. The Balaban J connectivity index is 0.000001000. The van der Waals surface area contributed by atoms with E-state index >= 15 is 0 Å². The maximum atomic E-state index is 5.13. The van der Waals surface area contributed by atoms with Crippen molar-refractivity contribution in [1.29, 1.82) is 0 Å². The molecule has 1 aromatic carbocycles. The van der Waals surface area contributed by atoms with E-state index in [1.165, 1.54) is 9.26 Å². The van der Waals surface area contributed by atoms with Gasteiger partial charge in [0, 0.05) is 0 Å². The van der Waals surface area contributed by atoms with E-state index in [1.54, 1.807) is 7.11 Å². The second kappa shape index (κ2) is 5.01. The van der Waals surface area contributed by atoms with Crippen LogP contribution in [0.5, 0.6) is 5.75 Å². The molecule has 0 spiro atoms. The van der Waals surface area contributed by atoms with Gasteiger partial charge in [0.1, 0.15) is 0 Å². The van der Waals surface area contributed by atoms with Gasteiger partial charge in [0.15, 0.2) is 0 Å². The Morgan fingerprint density at radius 3 is 2.45 bits per heavy atom. The van der Waals surface area contributed by atoms with Crippen LogP contribution in [0.15, 0.2) is 18.2 Å². The Morgan fingerprint density at radius 2 is 2.00 bits per heavy atom. The predicted molar refractivity (Wildman–Crippen MR) is 43.1 cm³/mol. The van der Waals surface area contributed by atoms with Crippen LogP contribution in [0.2, 0.25) is 0 Å². The van der Waals surface area contributed by atoms with Gasteiger partial charge in [-0.2, -0.15) is 0 Å². The predicted octanol–water partition coefficient (Wildman–Crippen LogP) is -2.20. The Bertz CT molecular complexity index is 238. The molecule has 1 nitrogen and oxygen atoms in total. The molecule has 0 aliphatic carbocycles. The SMILES string of the molecule is COc1cc(C)cc[c]1[Mg+].[Br-]. The van der Waals surface area contributed by atoms with Crippen molar-refractivity contribution in [3.05, 3.63) is 23.8 Å². The molecule has 1 aromatic rings. The maximum Gasteiger partial charge on any atom is -1.00 e. The number of benzene rings is 1. The summed E-state index contributed by atoms with van der Waals surface area (Å²) >= 11 is 1.84. The molecule has 0 aliphatic heterocycles. The number of aryl methyl sites for hydroxylation is 1. The summed E-state index contributed by atoms with van der Waals surface area (Å²) in [6, 6.07) is 6.21. The first kappa shape index (κ1) is 11.3. The molecule has 0 bridgehead atoms. The third kappa shape index (κ3) is 3.01. The monoisotopic (exact) mass is 224 g/mol. The summed E-state index contributed by atoms with van der Waals surface area (Å²) in [6.07, 6.45) is 0. The topological polar surface area (TPSA) is 9.23 Å². The quantitative estimate of drug-likeness (QED) is 0.493. The van der Waals surface area contributed by atoms with Gasteiger partial charge in [-0.25, -0.2) is 0 Å². The van der Waals surface area contributed by atoms with Crippen LogP contribution in [-0.4, -0.2) is 28.8 Å². The molecule has 3 heteroatoms. The molecule has 11 heavy (non-hydrogen) atoms. The van der Waals surface area contributed by atoms with Crippen LogP contribution in [-0.2, 0) is 0 Å². The standard InChI is InChI=1S/C8H9O.BrH.Mg/c1-7-4-3-5-8(6-7)9-2;;/h3-4,6H,1-2H3;1H;/q;;+1/p-1. The molecule has 0 aromatic heterocycles. The zero-order chi connectivity index (χ0) is 7.56. The summed E-state index contributed by atoms with van der Waals surface area (Å²) < 4.78 is 6.35. The van der Waals surface area contributed by atoms with Gasteiger partial charge in [-0.05, 0) is 0 Å². The van der Waals surface area contributed by atoms with Crippen molar-refractivity contribution >= 4 is 25.4 Å². The first-order valence-corrected chi connectivity index (χ1v) is 3.91. The van der Waals surface area contributed by atoms with Gasteiger partial charge in [-0.15, -0.1) is 0 Å². The second-order valence-corrected chi connectivity index (χ2v) is 3.08. The van der Waals surface area contributed by atoms with Crippen molar-refractivity contribution in [1.82, 2.24) is 0 Å².